The first-order valence-electron chi connectivity index (χ1n) is 7.83. The second-order valence-corrected chi connectivity index (χ2v) is 5.57. The molecule has 10 nitrogen and oxygen atoms in total. The highest BCUT2D eigenvalue weighted by molar-refractivity contribution is 5.13. The summed E-state index contributed by atoms with van der Waals surface area (Å²) in [5.74, 6) is 0. The molecule has 1 aliphatic heterocycles. The summed E-state index contributed by atoms with van der Waals surface area (Å²) in [4.78, 5) is 8.31. The van der Waals surface area contributed by atoms with Crippen molar-refractivity contribution >= 4 is 0 Å². The van der Waals surface area contributed by atoms with Crippen molar-refractivity contribution in [3.63, 3.8) is 0 Å². The lowest BCUT2D eigenvalue weighted by Crippen LogP contribution is -2.63. The molecular formula is C15H22N4O6. The number of hydrogen-bond donors (Lipinski definition) is 4. The molecule has 0 bridgehead atoms. The van der Waals surface area contributed by atoms with Gasteiger partial charge in [0.25, 0.3) is 0 Å². The molecule has 1 aromatic carbocycles. The van der Waals surface area contributed by atoms with Gasteiger partial charge in [0, 0.05) is 18.0 Å². The van der Waals surface area contributed by atoms with Crippen LogP contribution in [-0.4, -0.2) is 75.8 Å². The highest BCUT2D eigenvalue weighted by Crippen LogP contribution is 2.24. The highest BCUT2D eigenvalue weighted by Gasteiger charge is 2.46. The van der Waals surface area contributed by atoms with Crippen molar-refractivity contribution in [2.24, 2.45) is 5.11 Å². The zero-order valence-corrected chi connectivity index (χ0v) is 13.5. The molecule has 0 aliphatic carbocycles. The van der Waals surface area contributed by atoms with E-state index in [1.165, 1.54) is 5.06 Å². The Hall–Kier alpha value is -1.75. The van der Waals surface area contributed by atoms with E-state index < -0.39 is 37.3 Å². The van der Waals surface area contributed by atoms with Crippen LogP contribution in [0.15, 0.2) is 35.4 Å². The van der Waals surface area contributed by atoms with Gasteiger partial charge >= 0.3 is 0 Å². The monoisotopic (exact) mass is 354 g/mol. The van der Waals surface area contributed by atoms with Gasteiger partial charge in [-0.3, -0.25) is 4.84 Å². The molecule has 1 aromatic rings. The second kappa shape index (κ2) is 9.66. The van der Waals surface area contributed by atoms with Crippen LogP contribution >= 0.6 is 0 Å². The maximum absolute atomic E-state index is 10.2. The average molecular weight is 354 g/mol. The molecule has 0 unspecified atom stereocenters. The van der Waals surface area contributed by atoms with E-state index in [0.717, 1.165) is 5.56 Å². The lowest BCUT2D eigenvalue weighted by Gasteiger charge is -2.43. The van der Waals surface area contributed by atoms with Gasteiger partial charge in [0.2, 0.25) is 0 Å². The third-order valence-corrected chi connectivity index (χ3v) is 3.87. The Bertz CT molecular complexity index is 568. The van der Waals surface area contributed by atoms with Crippen LogP contribution < -0.4 is 0 Å². The molecule has 10 heteroatoms. The van der Waals surface area contributed by atoms with Crippen LogP contribution in [-0.2, 0) is 16.2 Å². The summed E-state index contributed by atoms with van der Waals surface area (Å²) in [7, 11) is 0. The molecule has 1 heterocycles. The summed E-state index contributed by atoms with van der Waals surface area (Å²) in [5.41, 5.74) is 9.28. The first kappa shape index (κ1) is 19.6. The van der Waals surface area contributed by atoms with Gasteiger partial charge in [-0.25, -0.2) is 0 Å². The molecule has 5 atom stereocenters. The van der Waals surface area contributed by atoms with E-state index in [4.69, 9.17) is 15.1 Å². The van der Waals surface area contributed by atoms with Gasteiger partial charge in [-0.1, -0.05) is 35.4 Å². The zero-order valence-electron chi connectivity index (χ0n) is 13.5. The lowest BCUT2D eigenvalue weighted by atomic mass is 9.98. The van der Waals surface area contributed by atoms with Gasteiger partial charge in [0.05, 0.1) is 13.2 Å². The van der Waals surface area contributed by atoms with Crippen LogP contribution in [0.3, 0.4) is 0 Å². The maximum Gasteiger partial charge on any atom is 0.162 e. The fourth-order valence-corrected chi connectivity index (χ4v) is 2.50. The number of hydroxylamine groups is 2. The quantitative estimate of drug-likeness (QED) is 0.213. The number of hydrogen-bond acceptors (Lipinski definition) is 8. The minimum atomic E-state index is -1.52. The van der Waals surface area contributed by atoms with Gasteiger partial charge < -0.3 is 25.2 Å². The Morgan fingerprint density at radius 2 is 1.88 bits per heavy atom. The lowest BCUT2D eigenvalue weighted by molar-refractivity contribution is -0.337. The first-order valence-corrected chi connectivity index (χ1v) is 7.83. The minimum Gasteiger partial charge on any atom is -0.394 e. The highest BCUT2D eigenvalue weighted by atomic mass is 16.7. The smallest absolute Gasteiger partial charge is 0.162 e. The summed E-state index contributed by atoms with van der Waals surface area (Å²) in [6.07, 6.45) is -6.64. The van der Waals surface area contributed by atoms with E-state index in [-0.39, 0.29) is 19.7 Å². The Labute approximate surface area is 144 Å². The molecule has 1 aliphatic rings. The predicted molar refractivity (Wildman–Crippen MR) is 85.7 cm³/mol. The Balaban J connectivity index is 2.10. The largest absolute Gasteiger partial charge is 0.394 e. The molecule has 2 rings (SSSR count). The zero-order chi connectivity index (χ0) is 18.2. The van der Waals surface area contributed by atoms with Crippen molar-refractivity contribution in [2.75, 3.05) is 19.7 Å². The maximum atomic E-state index is 10.2. The second-order valence-electron chi connectivity index (χ2n) is 5.57. The van der Waals surface area contributed by atoms with Crippen molar-refractivity contribution in [1.29, 1.82) is 0 Å². The molecule has 1 fully saturated rings. The number of aliphatic hydroxyl groups is 4. The van der Waals surface area contributed by atoms with Gasteiger partial charge in [-0.05, 0) is 11.1 Å². The summed E-state index contributed by atoms with van der Waals surface area (Å²) < 4.78 is 5.47. The number of nitrogens with zero attached hydrogens (tertiary/aromatic N) is 4. The third kappa shape index (κ3) is 5.11. The third-order valence-electron chi connectivity index (χ3n) is 3.87. The van der Waals surface area contributed by atoms with Crippen LogP contribution in [0.2, 0.25) is 0 Å². The predicted octanol–water partition coefficient (Wildman–Crippen LogP) is -0.470. The number of aliphatic hydroxyl groups excluding tert-OH is 4. The van der Waals surface area contributed by atoms with Crippen molar-refractivity contribution in [3.05, 3.63) is 46.3 Å². The van der Waals surface area contributed by atoms with Crippen LogP contribution in [0.4, 0.5) is 0 Å². The number of azide groups is 1. The summed E-state index contributed by atoms with van der Waals surface area (Å²) in [6, 6.07) is 9.24. The summed E-state index contributed by atoms with van der Waals surface area (Å²) >= 11 is 0. The molecule has 138 valence electrons. The number of benzene rings is 1. The molecule has 25 heavy (non-hydrogen) atoms. The summed E-state index contributed by atoms with van der Waals surface area (Å²) in [5, 5.41) is 43.9. The van der Waals surface area contributed by atoms with Crippen LogP contribution in [0, 0.1) is 0 Å². The van der Waals surface area contributed by atoms with Crippen LogP contribution in [0.5, 0.6) is 0 Å². The van der Waals surface area contributed by atoms with Crippen LogP contribution in [0.1, 0.15) is 5.56 Å². The van der Waals surface area contributed by atoms with E-state index in [1.54, 1.807) is 0 Å². The van der Waals surface area contributed by atoms with Crippen molar-refractivity contribution in [1.82, 2.24) is 5.06 Å². The van der Waals surface area contributed by atoms with E-state index >= 15 is 0 Å². The van der Waals surface area contributed by atoms with Gasteiger partial charge in [0.1, 0.15) is 24.4 Å². The topological polar surface area (TPSA) is 151 Å². The fourth-order valence-electron chi connectivity index (χ4n) is 2.50. The molecule has 0 spiro atoms. The van der Waals surface area contributed by atoms with E-state index in [0.29, 0.717) is 0 Å². The van der Waals surface area contributed by atoms with Gasteiger partial charge in [-0.2, -0.15) is 5.06 Å². The molecule has 0 saturated carbocycles. The number of ether oxygens (including phenoxy) is 1. The Kier molecular flexibility index (Phi) is 7.56. The van der Waals surface area contributed by atoms with E-state index in [2.05, 4.69) is 10.0 Å². The molecule has 1 saturated heterocycles. The number of rotatable bonds is 8. The van der Waals surface area contributed by atoms with Crippen LogP contribution in [0.25, 0.3) is 10.4 Å². The molecule has 0 radical (unpaired) electrons. The average Bonchev–Trinajstić information content (AvgIpc) is 2.64. The standard InChI is InChI=1S/C15H22N4O6/c16-18-17-6-7-19(24-9-10-4-2-1-3-5-10)15-14(23)13(22)12(21)11(8-20)25-15/h1-5,11-15,20-23H,6-9H2/t11-,12-,13+,14-,15-/m1/s1. The van der Waals surface area contributed by atoms with Crippen molar-refractivity contribution in [3.8, 4) is 0 Å². The van der Waals surface area contributed by atoms with Crippen molar-refractivity contribution in [2.45, 2.75) is 37.3 Å². The molecular weight excluding hydrogens is 332 g/mol. The normalized spacial score (nSPS) is 29.4. The molecule has 4 N–H and O–H groups in total. The molecule has 0 amide bonds. The van der Waals surface area contributed by atoms with Gasteiger partial charge in [-0.15, -0.1) is 0 Å². The van der Waals surface area contributed by atoms with Gasteiger partial charge in [0.15, 0.2) is 6.23 Å². The molecule has 0 aromatic heterocycles. The Morgan fingerprint density at radius 3 is 2.52 bits per heavy atom. The summed E-state index contributed by atoms with van der Waals surface area (Å²) in [6.45, 7) is -0.254. The fraction of sp³-hybridized carbons (Fsp3) is 0.600. The Morgan fingerprint density at radius 1 is 1.16 bits per heavy atom. The first-order chi connectivity index (χ1) is 12.1. The minimum absolute atomic E-state index is 0.0420. The van der Waals surface area contributed by atoms with E-state index in [1.807, 2.05) is 30.3 Å². The van der Waals surface area contributed by atoms with Crippen molar-refractivity contribution < 1.29 is 30.0 Å². The van der Waals surface area contributed by atoms with E-state index in [9.17, 15) is 20.4 Å². The SMILES string of the molecule is [N-]=[N+]=NCCN(OCc1ccccc1)[C@@H]1O[C@H](CO)[C@@H](O)[C@H](O)[C@H]1O.